The van der Waals surface area contributed by atoms with Gasteiger partial charge in [0.2, 0.25) is 0 Å². The third kappa shape index (κ3) is 1.41. The van der Waals surface area contributed by atoms with Gasteiger partial charge in [0.15, 0.2) is 5.78 Å². The molecule has 2 nitrogen and oxygen atoms in total. The van der Waals surface area contributed by atoms with Crippen LogP contribution >= 0.6 is 0 Å². The van der Waals surface area contributed by atoms with Gasteiger partial charge in [0.25, 0.3) is 0 Å². The first-order chi connectivity index (χ1) is 6.28. The molecule has 2 rings (SSSR count). The van der Waals surface area contributed by atoms with E-state index < -0.39 is 0 Å². The Morgan fingerprint density at radius 2 is 2.23 bits per heavy atom. The van der Waals surface area contributed by atoms with E-state index in [0.29, 0.717) is 11.7 Å². The van der Waals surface area contributed by atoms with Crippen molar-refractivity contribution in [2.75, 3.05) is 6.54 Å². The standard InChI is InChI=1S/C11H19NO/c1-2-11(7-4-8-12-11)10(13)9-5-3-6-9/h9,12H,2-8H2,1H3. The Labute approximate surface area is 80.1 Å². The van der Waals surface area contributed by atoms with Crippen LogP contribution in [0.15, 0.2) is 0 Å². The number of nitrogens with one attached hydrogen (secondary N) is 1. The van der Waals surface area contributed by atoms with Crippen molar-refractivity contribution in [3.8, 4) is 0 Å². The van der Waals surface area contributed by atoms with Gasteiger partial charge in [-0.2, -0.15) is 0 Å². The first-order valence-corrected chi connectivity index (χ1v) is 5.58. The predicted octanol–water partition coefficient (Wildman–Crippen LogP) is 1.89. The fraction of sp³-hybridized carbons (Fsp3) is 0.909. The molecule has 1 aliphatic heterocycles. The van der Waals surface area contributed by atoms with Gasteiger partial charge in [-0.05, 0) is 38.6 Å². The van der Waals surface area contributed by atoms with Crippen LogP contribution in [0, 0.1) is 5.92 Å². The minimum absolute atomic E-state index is 0.120. The Hall–Kier alpha value is -0.370. The number of carbonyl (C=O) groups is 1. The summed E-state index contributed by atoms with van der Waals surface area (Å²) in [6.07, 6.45) is 6.76. The van der Waals surface area contributed by atoms with Crippen molar-refractivity contribution in [2.24, 2.45) is 5.92 Å². The van der Waals surface area contributed by atoms with E-state index in [2.05, 4.69) is 12.2 Å². The third-order valence-electron chi connectivity index (χ3n) is 3.79. The monoisotopic (exact) mass is 181 g/mol. The molecule has 1 aliphatic carbocycles. The van der Waals surface area contributed by atoms with E-state index in [1.54, 1.807) is 0 Å². The smallest absolute Gasteiger partial charge is 0.155 e. The van der Waals surface area contributed by atoms with Crippen LogP contribution < -0.4 is 5.32 Å². The molecular weight excluding hydrogens is 162 g/mol. The largest absolute Gasteiger partial charge is 0.305 e. The van der Waals surface area contributed by atoms with Crippen molar-refractivity contribution < 1.29 is 4.79 Å². The van der Waals surface area contributed by atoms with Crippen LogP contribution in [-0.4, -0.2) is 17.9 Å². The molecular formula is C11H19NO. The molecule has 1 heterocycles. The molecule has 0 radical (unpaired) electrons. The fourth-order valence-corrected chi connectivity index (χ4v) is 2.55. The third-order valence-corrected chi connectivity index (χ3v) is 3.79. The Kier molecular flexibility index (Phi) is 2.41. The van der Waals surface area contributed by atoms with Crippen molar-refractivity contribution in [1.82, 2.24) is 5.32 Å². The van der Waals surface area contributed by atoms with Crippen LogP contribution in [0.5, 0.6) is 0 Å². The highest BCUT2D eigenvalue weighted by Crippen LogP contribution is 2.35. The van der Waals surface area contributed by atoms with Gasteiger partial charge >= 0.3 is 0 Å². The highest BCUT2D eigenvalue weighted by molar-refractivity contribution is 5.91. The maximum Gasteiger partial charge on any atom is 0.155 e. The average Bonchev–Trinajstić information content (AvgIpc) is 2.49. The van der Waals surface area contributed by atoms with E-state index in [1.807, 2.05) is 0 Å². The van der Waals surface area contributed by atoms with Gasteiger partial charge < -0.3 is 5.32 Å². The first-order valence-electron chi connectivity index (χ1n) is 5.58. The van der Waals surface area contributed by atoms with Gasteiger partial charge in [0.05, 0.1) is 5.54 Å². The normalized spacial score (nSPS) is 34.5. The Morgan fingerprint density at radius 1 is 1.46 bits per heavy atom. The summed E-state index contributed by atoms with van der Waals surface area (Å²) in [4.78, 5) is 12.1. The lowest BCUT2D eigenvalue weighted by atomic mass is 9.73. The summed E-state index contributed by atoms with van der Waals surface area (Å²) in [5, 5.41) is 3.42. The van der Waals surface area contributed by atoms with E-state index in [9.17, 15) is 4.79 Å². The molecule has 1 unspecified atom stereocenters. The second-order valence-electron chi connectivity index (χ2n) is 4.46. The van der Waals surface area contributed by atoms with E-state index in [1.165, 1.54) is 12.8 Å². The van der Waals surface area contributed by atoms with E-state index in [0.717, 1.165) is 32.2 Å². The average molecular weight is 181 g/mol. The zero-order valence-electron chi connectivity index (χ0n) is 8.44. The van der Waals surface area contributed by atoms with Crippen molar-refractivity contribution in [2.45, 2.75) is 51.0 Å². The zero-order valence-corrected chi connectivity index (χ0v) is 8.44. The van der Waals surface area contributed by atoms with E-state index in [-0.39, 0.29) is 5.54 Å². The molecule has 1 saturated carbocycles. The number of hydrogen-bond donors (Lipinski definition) is 1. The Morgan fingerprint density at radius 3 is 2.62 bits per heavy atom. The van der Waals surface area contributed by atoms with Gasteiger partial charge in [0, 0.05) is 5.92 Å². The number of carbonyl (C=O) groups excluding carboxylic acids is 1. The molecule has 0 aromatic heterocycles. The Balaban J connectivity index is 2.05. The highest BCUT2D eigenvalue weighted by atomic mass is 16.1. The van der Waals surface area contributed by atoms with E-state index >= 15 is 0 Å². The maximum atomic E-state index is 12.1. The zero-order chi connectivity index (χ0) is 9.31. The van der Waals surface area contributed by atoms with Crippen LogP contribution in [0.25, 0.3) is 0 Å². The first kappa shape index (κ1) is 9.20. The molecule has 1 N–H and O–H groups in total. The van der Waals surface area contributed by atoms with Crippen LogP contribution in [0.2, 0.25) is 0 Å². The van der Waals surface area contributed by atoms with Gasteiger partial charge in [-0.25, -0.2) is 0 Å². The number of Topliss-reactive ketones (excluding diaryl/α,β-unsaturated/α-hetero) is 1. The molecule has 2 fully saturated rings. The van der Waals surface area contributed by atoms with Gasteiger partial charge in [-0.3, -0.25) is 4.79 Å². The molecule has 1 atom stereocenters. The van der Waals surface area contributed by atoms with Gasteiger partial charge in [0.1, 0.15) is 0 Å². The van der Waals surface area contributed by atoms with Crippen molar-refractivity contribution in [3.63, 3.8) is 0 Å². The van der Waals surface area contributed by atoms with Crippen molar-refractivity contribution in [1.29, 1.82) is 0 Å². The molecule has 1 saturated heterocycles. The van der Waals surface area contributed by atoms with Crippen LogP contribution in [0.1, 0.15) is 45.4 Å². The minimum atomic E-state index is -0.120. The predicted molar refractivity (Wildman–Crippen MR) is 52.6 cm³/mol. The molecule has 0 amide bonds. The Bertz CT molecular complexity index is 202. The lowest BCUT2D eigenvalue weighted by Crippen LogP contribution is -2.51. The lowest BCUT2D eigenvalue weighted by Gasteiger charge is -2.34. The van der Waals surface area contributed by atoms with Crippen LogP contribution in [0.3, 0.4) is 0 Å². The highest BCUT2D eigenvalue weighted by Gasteiger charge is 2.43. The van der Waals surface area contributed by atoms with Crippen molar-refractivity contribution in [3.05, 3.63) is 0 Å². The van der Waals surface area contributed by atoms with E-state index in [4.69, 9.17) is 0 Å². The number of rotatable bonds is 3. The molecule has 0 aromatic rings. The SMILES string of the molecule is CCC1(C(=O)C2CCC2)CCCN1. The molecule has 2 aliphatic rings. The van der Waals surface area contributed by atoms with Crippen molar-refractivity contribution >= 4 is 5.78 Å². The molecule has 13 heavy (non-hydrogen) atoms. The van der Waals surface area contributed by atoms with Gasteiger partial charge in [-0.15, -0.1) is 0 Å². The fourth-order valence-electron chi connectivity index (χ4n) is 2.55. The molecule has 2 heteroatoms. The summed E-state index contributed by atoms with van der Waals surface area (Å²) in [7, 11) is 0. The summed E-state index contributed by atoms with van der Waals surface area (Å²) < 4.78 is 0. The summed E-state index contributed by atoms with van der Waals surface area (Å²) in [5.74, 6) is 0.907. The maximum absolute atomic E-state index is 12.1. The summed E-state index contributed by atoms with van der Waals surface area (Å²) in [6.45, 7) is 3.17. The summed E-state index contributed by atoms with van der Waals surface area (Å²) >= 11 is 0. The molecule has 74 valence electrons. The molecule has 0 bridgehead atoms. The van der Waals surface area contributed by atoms with Crippen LogP contribution in [0.4, 0.5) is 0 Å². The summed E-state index contributed by atoms with van der Waals surface area (Å²) in [6, 6.07) is 0. The quantitative estimate of drug-likeness (QED) is 0.720. The van der Waals surface area contributed by atoms with Gasteiger partial charge in [-0.1, -0.05) is 13.3 Å². The molecule has 0 spiro atoms. The second-order valence-corrected chi connectivity index (χ2v) is 4.46. The minimum Gasteiger partial charge on any atom is -0.305 e. The number of ketones is 1. The second kappa shape index (κ2) is 3.41. The molecule has 0 aromatic carbocycles. The van der Waals surface area contributed by atoms with Crippen LogP contribution in [-0.2, 0) is 4.79 Å². The topological polar surface area (TPSA) is 29.1 Å². The summed E-state index contributed by atoms with van der Waals surface area (Å²) in [5.41, 5.74) is -0.120. The number of hydrogen-bond acceptors (Lipinski definition) is 2. The lowest BCUT2D eigenvalue weighted by molar-refractivity contribution is -0.131.